The number of nitrogens with one attached hydrogen (secondary N) is 3. The predicted octanol–water partition coefficient (Wildman–Crippen LogP) is 2.64. The maximum absolute atomic E-state index is 13.2. The van der Waals surface area contributed by atoms with Gasteiger partial charge in [0, 0.05) is 40.4 Å². The Kier molecular flexibility index (Phi) is 7.72. The lowest BCUT2D eigenvalue weighted by atomic mass is 10.0. The van der Waals surface area contributed by atoms with E-state index in [0.29, 0.717) is 22.4 Å². The molecule has 5 rings (SSSR count). The molecule has 1 amide bonds. The number of hydrogen-bond donors (Lipinski definition) is 3. The van der Waals surface area contributed by atoms with Gasteiger partial charge < -0.3 is 15.4 Å². The van der Waals surface area contributed by atoms with Crippen LogP contribution in [0.5, 0.6) is 5.75 Å². The first-order valence-corrected chi connectivity index (χ1v) is 16.3. The summed E-state index contributed by atoms with van der Waals surface area (Å²) < 4.78 is 56.1. The van der Waals surface area contributed by atoms with E-state index in [0.717, 1.165) is 16.3 Å². The lowest BCUT2D eigenvalue weighted by Gasteiger charge is -2.18. The van der Waals surface area contributed by atoms with Crippen molar-refractivity contribution in [3.05, 3.63) is 64.9 Å². The van der Waals surface area contributed by atoms with E-state index in [1.165, 1.54) is 6.07 Å². The number of pyridine rings is 1. The second-order valence-corrected chi connectivity index (χ2v) is 13.6. The number of halogens is 1. The molecule has 40 heavy (non-hydrogen) atoms. The predicted molar refractivity (Wildman–Crippen MR) is 153 cm³/mol. The summed E-state index contributed by atoms with van der Waals surface area (Å²) in [6.45, 7) is 0.163. The van der Waals surface area contributed by atoms with E-state index in [-0.39, 0.29) is 47.6 Å². The van der Waals surface area contributed by atoms with Crippen molar-refractivity contribution < 1.29 is 26.4 Å². The highest BCUT2D eigenvalue weighted by Crippen LogP contribution is 2.34. The van der Waals surface area contributed by atoms with Crippen molar-refractivity contribution in [3.8, 4) is 16.9 Å². The number of aromatic nitrogens is 3. The van der Waals surface area contributed by atoms with Crippen molar-refractivity contribution in [1.29, 1.82) is 0 Å². The fourth-order valence-corrected chi connectivity index (χ4v) is 6.26. The number of fused-ring (bicyclic) bond motifs is 2. The lowest BCUT2D eigenvalue weighted by Crippen LogP contribution is -2.34. The zero-order valence-corrected chi connectivity index (χ0v) is 24.2. The van der Waals surface area contributed by atoms with E-state index in [4.69, 9.17) is 4.74 Å². The number of rotatable bonds is 8. The van der Waals surface area contributed by atoms with Crippen molar-refractivity contribution in [3.63, 3.8) is 0 Å². The number of sulfonamides is 1. The molecule has 0 radical (unpaired) electrons. The summed E-state index contributed by atoms with van der Waals surface area (Å²) in [5.41, 5.74) is 1.99. The van der Waals surface area contributed by atoms with Crippen molar-refractivity contribution in [1.82, 2.24) is 25.0 Å². The molecule has 0 bridgehead atoms. The van der Waals surface area contributed by atoms with Crippen LogP contribution in [0.1, 0.15) is 10.5 Å². The monoisotopic (exact) mass is 646 g/mol. The minimum absolute atomic E-state index is 0.0142. The molecule has 4 aromatic rings. The molecular weight excluding hydrogens is 624 g/mol. The number of carbonyl (C=O) groups excluding carboxylic acids is 1. The van der Waals surface area contributed by atoms with Crippen LogP contribution in [0.3, 0.4) is 0 Å². The smallest absolute Gasteiger partial charge is 0.270 e. The summed E-state index contributed by atoms with van der Waals surface area (Å²) in [5, 5.41) is 6.24. The molecular formula is C25H23BrN6O6S2. The Labute approximate surface area is 238 Å². The summed E-state index contributed by atoms with van der Waals surface area (Å²) >= 11 is 3.52. The minimum atomic E-state index is -3.46. The minimum Gasteiger partial charge on any atom is -0.491 e. The van der Waals surface area contributed by atoms with E-state index in [1.807, 2.05) is 24.3 Å². The van der Waals surface area contributed by atoms with E-state index < -0.39 is 25.8 Å². The van der Waals surface area contributed by atoms with Gasteiger partial charge in [0.2, 0.25) is 16.0 Å². The van der Waals surface area contributed by atoms with Gasteiger partial charge >= 0.3 is 0 Å². The van der Waals surface area contributed by atoms with Crippen LogP contribution in [0.4, 0.5) is 11.6 Å². The number of hydrogen-bond acceptors (Lipinski definition) is 10. The van der Waals surface area contributed by atoms with E-state index in [2.05, 4.69) is 46.2 Å². The van der Waals surface area contributed by atoms with Gasteiger partial charge in [0.25, 0.3) is 5.91 Å². The molecule has 3 heterocycles. The highest BCUT2D eigenvalue weighted by atomic mass is 79.9. The number of nitrogens with zero attached hydrogens (tertiary/aromatic N) is 3. The Morgan fingerprint density at radius 3 is 2.65 bits per heavy atom. The molecule has 0 atom stereocenters. The fraction of sp³-hybridized carbons (Fsp3) is 0.200. The quantitative estimate of drug-likeness (QED) is 0.242. The number of benzene rings is 2. The van der Waals surface area contributed by atoms with Gasteiger partial charge in [-0.05, 0) is 35.9 Å². The van der Waals surface area contributed by atoms with Crippen molar-refractivity contribution >= 4 is 64.4 Å². The van der Waals surface area contributed by atoms with E-state index >= 15 is 0 Å². The van der Waals surface area contributed by atoms with Gasteiger partial charge in [-0.2, -0.15) is 4.98 Å². The first kappa shape index (κ1) is 27.9. The first-order valence-electron chi connectivity index (χ1n) is 11.9. The summed E-state index contributed by atoms with van der Waals surface area (Å²) in [6, 6.07) is 13.8. The van der Waals surface area contributed by atoms with Gasteiger partial charge in [0.05, 0.1) is 12.0 Å². The van der Waals surface area contributed by atoms with Crippen molar-refractivity contribution in [2.45, 2.75) is 4.90 Å². The summed E-state index contributed by atoms with van der Waals surface area (Å²) in [7, 11) is -6.87. The average Bonchev–Trinajstić information content (AvgIpc) is 2.90. The molecule has 2 aromatic carbocycles. The van der Waals surface area contributed by atoms with Crippen LogP contribution in [0.2, 0.25) is 0 Å². The Bertz CT molecular complexity index is 1850. The van der Waals surface area contributed by atoms with E-state index in [1.54, 1.807) is 24.4 Å². The Morgan fingerprint density at radius 2 is 1.88 bits per heavy atom. The standard InChI is InChI=1S/C25H23BrN6O6S2/c1-39(34,35)29-9-8-27-24(33)22-18(17-4-2-3-5-19(17)26)12-15-14-28-25(32-23(15)31-22)30-16-6-7-20-21(13-16)40(36,37)11-10-38-20/h2-7,12-14,29H,8-11H2,1H3,(H,27,33)(H,28,30,31,32). The Hall–Kier alpha value is -3.66. The van der Waals surface area contributed by atoms with Gasteiger partial charge in [0.1, 0.15) is 22.9 Å². The van der Waals surface area contributed by atoms with Gasteiger partial charge in [-0.3, -0.25) is 4.79 Å². The van der Waals surface area contributed by atoms with Crippen LogP contribution in [0, 0.1) is 0 Å². The zero-order chi connectivity index (χ0) is 28.5. The first-order chi connectivity index (χ1) is 19.0. The van der Waals surface area contributed by atoms with Gasteiger partial charge in [-0.15, -0.1) is 0 Å². The topological polar surface area (TPSA) is 169 Å². The highest BCUT2D eigenvalue weighted by Gasteiger charge is 2.25. The van der Waals surface area contributed by atoms with Crippen molar-refractivity contribution in [2.24, 2.45) is 0 Å². The number of amides is 1. The molecule has 208 valence electrons. The van der Waals surface area contributed by atoms with Gasteiger partial charge in [0.15, 0.2) is 15.5 Å². The van der Waals surface area contributed by atoms with Crippen LogP contribution in [0.15, 0.2) is 64.1 Å². The molecule has 3 N–H and O–H groups in total. The molecule has 0 saturated carbocycles. The van der Waals surface area contributed by atoms with E-state index in [9.17, 15) is 21.6 Å². The Morgan fingerprint density at radius 1 is 1.07 bits per heavy atom. The number of anilines is 2. The molecule has 0 unspecified atom stereocenters. The summed E-state index contributed by atoms with van der Waals surface area (Å²) in [5.74, 6) is -0.184. The van der Waals surface area contributed by atoms with Gasteiger partial charge in [-0.1, -0.05) is 34.1 Å². The molecule has 0 saturated heterocycles. The lowest BCUT2D eigenvalue weighted by molar-refractivity contribution is 0.0950. The van der Waals surface area contributed by atoms with Crippen LogP contribution in [0.25, 0.3) is 22.2 Å². The number of carbonyl (C=O) groups is 1. The highest BCUT2D eigenvalue weighted by molar-refractivity contribution is 9.10. The largest absolute Gasteiger partial charge is 0.491 e. The van der Waals surface area contributed by atoms with Gasteiger partial charge in [-0.25, -0.2) is 31.5 Å². The number of ether oxygens (including phenoxy) is 1. The van der Waals surface area contributed by atoms with Crippen LogP contribution < -0.4 is 20.1 Å². The second-order valence-electron chi connectivity index (χ2n) is 8.85. The van der Waals surface area contributed by atoms with Crippen LogP contribution in [-0.4, -0.2) is 69.4 Å². The number of sulfone groups is 1. The maximum atomic E-state index is 13.2. The average molecular weight is 648 g/mol. The molecule has 2 aromatic heterocycles. The maximum Gasteiger partial charge on any atom is 0.270 e. The summed E-state index contributed by atoms with van der Waals surface area (Å²) in [6.07, 6.45) is 2.58. The normalized spacial score (nSPS) is 14.2. The zero-order valence-electron chi connectivity index (χ0n) is 21.0. The SMILES string of the molecule is CS(=O)(=O)NCCNC(=O)c1nc2nc(Nc3ccc4c(c3)S(=O)(=O)CCO4)ncc2cc1-c1ccccc1Br. The molecule has 0 fully saturated rings. The molecule has 0 aliphatic carbocycles. The molecule has 1 aliphatic rings. The molecule has 0 spiro atoms. The van der Waals surface area contributed by atoms with Crippen LogP contribution in [-0.2, 0) is 19.9 Å². The second kappa shape index (κ2) is 11.1. The molecule has 15 heteroatoms. The van der Waals surface area contributed by atoms with Crippen molar-refractivity contribution in [2.75, 3.05) is 37.0 Å². The summed E-state index contributed by atoms with van der Waals surface area (Å²) in [4.78, 5) is 26.6. The molecule has 12 nitrogen and oxygen atoms in total. The fourth-order valence-electron chi connectivity index (χ4n) is 4.03. The third kappa shape index (κ3) is 6.22. The Balaban J connectivity index is 1.49. The third-order valence-corrected chi connectivity index (χ3v) is 8.98. The molecule has 1 aliphatic heterocycles. The third-order valence-electron chi connectivity index (χ3n) is 5.87. The van der Waals surface area contributed by atoms with Crippen LogP contribution >= 0.6 is 15.9 Å².